The highest BCUT2D eigenvalue weighted by Gasteiger charge is 2.19. The van der Waals surface area contributed by atoms with E-state index < -0.39 is 24.4 Å². The number of benzene rings is 4. The Kier molecular flexibility index (Phi) is 15.2. The lowest BCUT2D eigenvalue weighted by Gasteiger charge is -2.20. The molecule has 2 atom stereocenters. The average Bonchev–Trinajstić information content (AvgIpc) is 3.15. The molecule has 53 heavy (non-hydrogen) atoms. The number of para-hydroxylation sites is 2. The predicted octanol–water partition coefficient (Wildman–Crippen LogP) is 9.48. The standard InChI is InChI=1S/C43H46N2O8/c1-30(2)32(5)48-26-40(28-50-38-13-9-7-10-14-38)52-42(46)44-36-21-17-34(18-22-36)25-35-19-23-37(24-20-35)45-43(47)53-41(27-49-33(6)31(3)4)29-51-39-15-11-8-12-16-39/h7-24,40-41H,1,3,5-6,25-29H2,2,4H3,(H,44,46)(H,45,47). The first-order valence-electron chi connectivity index (χ1n) is 17.0. The van der Waals surface area contributed by atoms with Gasteiger partial charge in [-0.25, -0.2) is 9.59 Å². The number of hydrogen-bond acceptors (Lipinski definition) is 8. The van der Waals surface area contributed by atoms with Gasteiger partial charge in [0.05, 0.1) is 0 Å². The molecule has 0 aromatic heterocycles. The van der Waals surface area contributed by atoms with E-state index in [1.165, 1.54) is 0 Å². The Morgan fingerprint density at radius 2 is 0.887 bits per heavy atom. The third kappa shape index (κ3) is 14.4. The van der Waals surface area contributed by atoms with E-state index in [1.54, 1.807) is 38.1 Å². The van der Waals surface area contributed by atoms with Crippen LogP contribution in [0.1, 0.15) is 25.0 Å². The Morgan fingerprint density at radius 3 is 1.23 bits per heavy atom. The quantitative estimate of drug-likeness (QED) is 0.0687. The molecule has 0 saturated carbocycles. The first-order chi connectivity index (χ1) is 25.5. The first kappa shape index (κ1) is 39.4. The molecule has 0 radical (unpaired) electrons. The smallest absolute Gasteiger partial charge is 0.412 e. The molecule has 0 aliphatic rings. The van der Waals surface area contributed by atoms with Crippen molar-refractivity contribution < 1.29 is 38.0 Å². The second-order valence-electron chi connectivity index (χ2n) is 12.2. The van der Waals surface area contributed by atoms with Crippen molar-refractivity contribution in [3.8, 4) is 11.5 Å². The van der Waals surface area contributed by atoms with Crippen LogP contribution in [0, 0.1) is 0 Å². The van der Waals surface area contributed by atoms with E-state index in [-0.39, 0.29) is 26.4 Å². The monoisotopic (exact) mass is 718 g/mol. The number of ether oxygens (including phenoxy) is 6. The Balaban J connectivity index is 1.26. The predicted molar refractivity (Wildman–Crippen MR) is 207 cm³/mol. The number of nitrogens with one attached hydrogen (secondary N) is 2. The second-order valence-corrected chi connectivity index (χ2v) is 12.2. The van der Waals surface area contributed by atoms with Gasteiger partial charge < -0.3 is 28.4 Å². The Bertz CT molecular complexity index is 1690. The molecule has 2 N–H and O–H groups in total. The van der Waals surface area contributed by atoms with E-state index in [4.69, 9.17) is 28.4 Å². The van der Waals surface area contributed by atoms with E-state index in [1.807, 2.05) is 84.9 Å². The zero-order valence-electron chi connectivity index (χ0n) is 30.2. The molecule has 0 heterocycles. The van der Waals surface area contributed by atoms with Crippen LogP contribution in [0.3, 0.4) is 0 Å². The zero-order valence-corrected chi connectivity index (χ0v) is 30.2. The number of amides is 2. The van der Waals surface area contributed by atoms with Crippen LogP contribution in [0.2, 0.25) is 0 Å². The van der Waals surface area contributed by atoms with Gasteiger partial charge in [-0.3, -0.25) is 10.6 Å². The van der Waals surface area contributed by atoms with Gasteiger partial charge >= 0.3 is 12.2 Å². The molecule has 4 aromatic rings. The van der Waals surface area contributed by atoms with Crippen LogP contribution in [0.4, 0.5) is 21.0 Å². The summed E-state index contributed by atoms with van der Waals surface area (Å²) in [6.45, 7) is 19.1. The van der Waals surface area contributed by atoms with Crippen LogP contribution in [-0.2, 0) is 25.4 Å². The molecule has 4 aromatic carbocycles. The number of hydrogen-bond donors (Lipinski definition) is 2. The van der Waals surface area contributed by atoms with E-state index in [9.17, 15) is 9.59 Å². The van der Waals surface area contributed by atoms with E-state index in [0.29, 0.717) is 52.0 Å². The Labute approximate surface area is 311 Å². The minimum absolute atomic E-state index is 0.0475. The lowest BCUT2D eigenvalue weighted by molar-refractivity contribution is 0.0254. The van der Waals surface area contributed by atoms with Gasteiger partial charge in [-0.2, -0.15) is 0 Å². The SMILES string of the molecule is C=C(C)C(=C)OCC(COc1ccccc1)OC(=O)Nc1ccc(Cc2ccc(NC(=O)OC(COC(=C)C(=C)C)COc3ccccc3)cc2)cc1. The summed E-state index contributed by atoms with van der Waals surface area (Å²) in [5, 5.41) is 5.51. The minimum Gasteiger partial charge on any atom is -0.490 e. The summed E-state index contributed by atoms with van der Waals surface area (Å²) in [4.78, 5) is 25.6. The number of carbonyl (C=O) groups is 2. The minimum atomic E-state index is -0.707. The molecular weight excluding hydrogens is 672 g/mol. The fourth-order valence-corrected chi connectivity index (χ4v) is 4.52. The van der Waals surface area contributed by atoms with Gasteiger partial charge in [0, 0.05) is 11.4 Å². The van der Waals surface area contributed by atoms with Crippen molar-refractivity contribution in [3.05, 3.63) is 169 Å². The fraction of sp³-hybridized carbons (Fsp3) is 0.209. The Morgan fingerprint density at radius 1 is 0.528 bits per heavy atom. The van der Waals surface area contributed by atoms with E-state index in [0.717, 1.165) is 11.1 Å². The van der Waals surface area contributed by atoms with Crippen molar-refractivity contribution >= 4 is 23.6 Å². The fourth-order valence-electron chi connectivity index (χ4n) is 4.52. The molecule has 4 rings (SSSR count). The molecule has 10 heteroatoms. The highest BCUT2D eigenvalue weighted by Crippen LogP contribution is 2.18. The summed E-state index contributed by atoms with van der Waals surface area (Å²) < 4.78 is 34.1. The summed E-state index contributed by atoms with van der Waals surface area (Å²) >= 11 is 0. The topological polar surface area (TPSA) is 114 Å². The maximum atomic E-state index is 12.8. The van der Waals surface area contributed by atoms with E-state index in [2.05, 4.69) is 36.9 Å². The van der Waals surface area contributed by atoms with Crippen molar-refractivity contribution in [2.75, 3.05) is 37.1 Å². The summed E-state index contributed by atoms with van der Waals surface area (Å²) in [6.07, 6.45) is -2.08. The van der Waals surface area contributed by atoms with Crippen LogP contribution in [0.15, 0.2) is 158 Å². The van der Waals surface area contributed by atoms with Gasteiger partial charge in [0.1, 0.15) is 49.4 Å². The van der Waals surface area contributed by atoms with Crippen molar-refractivity contribution in [3.63, 3.8) is 0 Å². The van der Waals surface area contributed by atoms with Crippen molar-refractivity contribution in [1.29, 1.82) is 0 Å². The van der Waals surface area contributed by atoms with Gasteiger partial charge in [-0.05, 0) is 91.1 Å². The summed E-state index contributed by atoms with van der Waals surface area (Å²) in [7, 11) is 0. The number of anilines is 2. The molecule has 0 fully saturated rings. The lowest BCUT2D eigenvalue weighted by atomic mass is 10.0. The molecule has 2 unspecified atom stereocenters. The maximum absolute atomic E-state index is 12.8. The van der Waals surface area contributed by atoms with E-state index >= 15 is 0 Å². The lowest BCUT2D eigenvalue weighted by Crippen LogP contribution is -2.31. The molecule has 10 nitrogen and oxygen atoms in total. The molecular formula is C43H46N2O8. The molecule has 0 bridgehead atoms. The van der Waals surface area contributed by atoms with Gasteiger partial charge in [-0.15, -0.1) is 0 Å². The first-order valence-corrected chi connectivity index (χ1v) is 17.0. The normalized spacial score (nSPS) is 11.5. The van der Waals surface area contributed by atoms with Gasteiger partial charge in [-0.1, -0.05) is 87.0 Å². The maximum Gasteiger partial charge on any atom is 0.412 e. The number of rotatable bonds is 20. The molecule has 2 amide bonds. The summed E-state index contributed by atoms with van der Waals surface area (Å²) in [5.41, 5.74) is 4.51. The summed E-state index contributed by atoms with van der Waals surface area (Å²) in [6, 6.07) is 33.3. The highest BCUT2D eigenvalue weighted by molar-refractivity contribution is 5.85. The molecule has 0 saturated heterocycles. The van der Waals surface area contributed by atoms with Crippen molar-refractivity contribution in [2.45, 2.75) is 32.5 Å². The zero-order chi connectivity index (χ0) is 38.0. The molecule has 0 aliphatic heterocycles. The number of allylic oxidation sites excluding steroid dienone is 2. The third-order valence-electron chi connectivity index (χ3n) is 7.55. The van der Waals surface area contributed by atoms with Gasteiger partial charge in [0.15, 0.2) is 12.2 Å². The molecule has 276 valence electrons. The van der Waals surface area contributed by atoms with Gasteiger partial charge in [0.2, 0.25) is 0 Å². The Hall–Kier alpha value is -6.42. The average molecular weight is 719 g/mol. The van der Waals surface area contributed by atoms with Gasteiger partial charge in [0.25, 0.3) is 0 Å². The molecule has 0 aliphatic carbocycles. The van der Waals surface area contributed by atoms with Crippen molar-refractivity contribution in [1.82, 2.24) is 0 Å². The van der Waals surface area contributed by atoms with Crippen LogP contribution in [0.5, 0.6) is 11.5 Å². The van der Waals surface area contributed by atoms with Crippen LogP contribution < -0.4 is 20.1 Å². The third-order valence-corrected chi connectivity index (χ3v) is 7.55. The largest absolute Gasteiger partial charge is 0.490 e. The highest BCUT2D eigenvalue weighted by atomic mass is 16.6. The van der Waals surface area contributed by atoms with Crippen LogP contribution in [0.25, 0.3) is 0 Å². The molecule has 0 spiro atoms. The number of carbonyl (C=O) groups excluding carboxylic acids is 2. The van der Waals surface area contributed by atoms with Crippen molar-refractivity contribution in [2.24, 2.45) is 0 Å². The second kappa shape index (κ2) is 20.4. The van der Waals surface area contributed by atoms with Crippen LogP contribution in [-0.4, -0.2) is 50.8 Å². The van der Waals surface area contributed by atoms with Crippen LogP contribution >= 0.6 is 0 Å². The summed E-state index contributed by atoms with van der Waals surface area (Å²) in [5.74, 6) is 2.10.